The zero-order valence-electron chi connectivity index (χ0n) is 12.9. The molecule has 0 aromatic heterocycles. The van der Waals surface area contributed by atoms with Crippen LogP contribution >= 0.6 is 0 Å². The molecule has 1 aliphatic rings. The number of imide groups is 1. The van der Waals surface area contributed by atoms with Gasteiger partial charge in [0.1, 0.15) is 0 Å². The van der Waals surface area contributed by atoms with Crippen LogP contribution in [0.4, 0.5) is 4.79 Å². The molecule has 0 heterocycles. The second-order valence-corrected chi connectivity index (χ2v) is 6.53. The van der Waals surface area contributed by atoms with Crippen molar-refractivity contribution in [2.75, 3.05) is 6.54 Å². The summed E-state index contributed by atoms with van der Waals surface area (Å²) >= 11 is 0. The quantitative estimate of drug-likeness (QED) is 0.615. The number of carboxylic acid groups (broad SMARTS) is 1. The molecule has 1 saturated carbocycles. The molecule has 7 nitrogen and oxygen atoms in total. The van der Waals surface area contributed by atoms with E-state index in [-0.39, 0.29) is 18.5 Å². The Balaban J connectivity index is 2.29. The second kappa shape index (κ2) is 7.40. The van der Waals surface area contributed by atoms with E-state index in [9.17, 15) is 14.4 Å². The molecule has 0 saturated heterocycles. The zero-order chi connectivity index (χ0) is 16.0. The molecule has 0 aromatic carbocycles. The summed E-state index contributed by atoms with van der Waals surface area (Å²) in [4.78, 5) is 34.1. The molecule has 1 fully saturated rings. The van der Waals surface area contributed by atoms with Crippen LogP contribution in [0, 0.1) is 5.92 Å². The van der Waals surface area contributed by atoms with Crippen molar-refractivity contribution in [1.29, 1.82) is 0 Å². The number of hydrogen-bond donors (Lipinski definition) is 4. The lowest BCUT2D eigenvalue weighted by molar-refractivity contribution is -0.143. The summed E-state index contributed by atoms with van der Waals surface area (Å²) in [6, 6.07) is -0.516. The van der Waals surface area contributed by atoms with Crippen LogP contribution in [0.1, 0.15) is 46.5 Å². The maximum Gasteiger partial charge on any atom is 0.321 e. The van der Waals surface area contributed by atoms with Crippen molar-refractivity contribution in [2.45, 2.75) is 58.0 Å². The topological polar surface area (TPSA) is 108 Å². The Labute approximate surface area is 124 Å². The van der Waals surface area contributed by atoms with Gasteiger partial charge in [0.2, 0.25) is 5.91 Å². The molecular formula is C14H25N3O4. The van der Waals surface area contributed by atoms with Crippen molar-refractivity contribution < 1.29 is 19.5 Å². The molecule has 7 heteroatoms. The van der Waals surface area contributed by atoms with Gasteiger partial charge in [-0.25, -0.2) is 4.79 Å². The van der Waals surface area contributed by atoms with E-state index in [1.165, 1.54) is 0 Å². The van der Waals surface area contributed by atoms with Gasteiger partial charge >= 0.3 is 12.0 Å². The number of carboxylic acids is 1. The van der Waals surface area contributed by atoms with Gasteiger partial charge in [0, 0.05) is 11.6 Å². The van der Waals surface area contributed by atoms with Crippen molar-refractivity contribution in [3.8, 4) is 0 Å². The Morgan fingerprint density at radius 2 is 1.86 bits per heavy atom. The molecule has 2 unspecified atom stereocenters. The van der Waals surface area contributed by atoms with Gasteiger partial charge in [-0.05, 0) is 40.0 Å². The largest absolute Gasteiger partial charge is 0.481 e. The van der Waals surface area contributed by atoms with Gasteiger partial charge in [0.15, 0.2) is 0 Å². The summed E-state index contributed by atoms with van der Waals surface area (Å²) in [5, 5.41) is 16.9. The minimum absolute atomic E-state index is 0.00850. The number of hydrogen-bond acceptors (Lipinski definition) is 4. The fourth-order valence-electron chi connectivity index (χ4n) is 2.38. The van der Waals surface area contributed by atoms with Crippen LogP contribution in [0.25, 0.3) is 0 Å². The van der Waals surface area contributed by atoms with Crippen LogP contribution in [0.5, 0.6) is 0 Å². The smallest absolute Gasteiger partial charge is 0.321 e. The molecule has 0 radical (unpaired) electrons. The van der Waals surface area contributed by atoms with Crippen molar-refractivity contribution >= 4 is 17.9 Å². The van der Waals surface area contributed by atoms with E-state index in [0.717, 1.165) is 12.8 Å². The molecule has 1 rings (SSSR count). The lowest BCUT2D eigenvalue weighted by Gasteiger charge is -2.27. The normalized spacial score (nSPS) is 22.4. The molecule has 0 bridgehead atoms. The monoisotopic (exact) mass is 299 g/mol. The van der Waals surface area contributed by atoms with Crippen LogP contribution in [-0.4, -0.2) is 41.1 Å². The number of carbonyl (C=O) groups is 3. The fraction of sp³-hybridized carbons (Fsp3) is 0.786. The third kappa shape index (κ3) is 7.08. The SMILES string of the molecule is CC(C)(C)NC(=O)NC(=O)CNC1CCCC(C(=O)O)C1. The summed E-state index contributed by atoms with van der Waals surface area (Å²) in [6.07, 6.45) is 2.90. The van der Waals surface area contributed by atoms with E-state index < -0.39 is 23.4 Å². The average Bonchev–Trinajstić information content (AvgIpc) is 2.34. The van der Waals surface area contributed by atoms with Crippen LogP contribution in [-0.2, 0) is 9.59 Å². The van der Waals surface area contributed by atoms with Crippen molar-refractivity contribution in [2.24, 2.45) is 5.92 Å². The number of aliphatic carboxylic acids is 1. The van der Waals surface area contributed by atoms with Crippen molar-refractivity contribution in [1.82, 2.24) is 16.0 Å². The van der Waals surface area contributed by atoms with E-state index in [4.69, 9.17) is 5.11 Å². The molecule has 3 amide bonds. The Hall–Kier alpha value is -1.63. The minimum Gasteiger partial charge on any atom is -0.481 e. The summed E-state index contributed by atoms with van der Waals surface area (Å²) in [5.41, 5.74) is -0.407. The first-order valence-electron chi connectivity index (χ1n) is 7.25. The van der Waals surface area contributed by atoms with Crippen LogP contribution in [0.15, 0.2) is 0 Å². The highest BCUT2D eigenvalue weighted by atomic mass is 16.4. The van der Waals surface area contributed by atoms with Gasteiger partial charge in [-0.2, -0.15) is 0 Å². The average molecular weight is 299 g/mol. The van der Waals surface area contributed by atoms with E-state index >= 15 is 0 Å². The van der Waals surface area contributed by atoms with E-state index in [0.29, 0.717) is 12.8 Å². The number of urea groups is 1. The molecule has 120 valence electrons. The number of rotatable bonds is 4. The van der Waals surface area contributed by atoms with Crippen LogP contribution in [0.3, 0.4) is 0 Å². The Morgan fingerprint density at radius 3 is 2.43 bits per heavy atom. The van der Waals surface area contributed by atoms with Gasteiger partial charge < -0.3 is 15.7 Å². The Kier molecular flexibility index (Phi) is 6.14. The summed E-state index contributed by atoms with van der Waals surface area (Å²) in [6.45, 7) is 5.48. The Bertz CT molecular complexity index is 404. The first kappa shape index (κ1) is 17.4. The number of amides is 3. The highest BCUT2D eigenvalue weighted by Crippen LogP contribution is 2.24. The highest BCUT2D eigenvalue weighted by Gasteiger charge is 2.27. The zero-order valence-corrected chi connectivity index (χ0v) is 12.9. The number of nitrogens with one attached hydrogen (secondary N) is 3. The van der Waals surface area contributed by atoms with E-state index in [2.05, 4.69) is 16.0 Å². The highest BCUT2D eigenvalue weighted by molar-refractivity contribution is 5.95. The molecule has 0 aromatic rings. The maximum absolute atomic E-state index is 11.6. The van der Waals surface area contributed by atoms with Gasteiger partial charge in [0.05, 0.1) is 12.5 Å². The second-order valence-electron chi connectivity index (χ2n) is 6.53. The molecule has 4 N–H and O–H groups in total. The lowest BCUT2D eigenvalue weighted by Crippen LogP contribution is -2.51. The summed E-state index contributed by atoms with van der Waals surface area (Å²) < 4.78 is 0. The van der Waals surface area contributed by atoms with E-state index in [1.807, 2.05) is 20.8 Å². The van der Waals surface area contributed by atoms with Gasteiger partial charge in [0.25, 0.3) is 0 Å². The van der Waals surface area contributed by atoms with Crippen molar-refractivity contribution in [3.63, 3.8) is 0 Å². The van der Waals surface area contributed by atoms with Crippen molar-refractivity contribution in [3.05, 3.63) is 0 Å². The maximum atomic E-state index is 11.6. The summed E-state index contributed by atoms with van der Waals surface area (Å²) in [7, 11) is 0. The molecular weight excluding hydrogens is 274 g/mol. The van der Waals surface area contributed by atoms with Gasteiger partial charge in [-0.3, -0.25) is 14.9 Å². The van der Waals surface area contributed by atoms with Crippen LogP contribution < -0.4 is 16.0 Å². The van der Waals surface area contributed by atoms with Gasteiger partial charge in [-0.15, -0.1) is 0 Å². The third-order valence-electron chi connectivity index (χ3n) is 3.32. The first-order chi connectivity index (χ1) is 9.67. The molecule has 2 atom stereocenters. The summed E-state index contributed by atoms with van der Waals surface area (Å²) in [5.74, 6) is -1.55. The van der Waals surface area contributed by atoms with Gasteiger partial charge in [-0.1, -0.05) is 6.42 Å². The molecule has 0 spiro atoms. The minimum atomic E-state index is -0.782. The number of carbonyl (C=O) groups excluding carboxylic acids is 2. The molecule has 1 aliphatic carbocycles. The molecule has 21 heavy (non-hydrogen) atoms. The predicted molar refractivity (Wildman–Crippen MR) is 77.8 cm³/mol. The lowest BCUT2D eigenvalue weighted by atomic mass is 9.86. The predicted octanol–water partition coefficient (Wildman–Crippen LogP) is 0.844. The standard InChI is InChI=1S/C14H25N3O4/c1-14(2,3)17-13(21)16-11(18)8-15-10-6-4-5-9(7-10)12(19)20/h9-10,15H,4-8H2,1-3H3,(H,19,20)(H2,16,17,18,21). The molecule has 0 aliphatic heterocycles. The third-order valence-corrected chi connectivity index (χ3v) is 3.32. The first-order valence-corrected chi connectivity index (χ1v) is 7.25. The fourth-order valence-corrected chi connectivity index (χ4v) is 2.38. The van der Waals surface area contributed by atoms with E-state index in [1.54, 1.807) is 0 Å². The van der Waals surface area contributed by atoms with Crippen LogP contribution in [0.2, 0.25) is 0 Å². The Morgan fingerprint density at radius 1 is 1.19 bits per heavy atom.